The molecule has 0 saturated carbocycles. The first-order chi connectivity index (χ1) is 13.1. The Kier molecular flexibility index (Phi) is 4.75. The first-order valence-electron chi connectivity index (χ1n) is 8.16. The summed E-state index contributed by atoms with van der Waals surface area (Å²) in [5, 5.41) is 2.75. The molecule has 0 bridgehead atoms. The highest BCUT2D eigenvalue weighted by molar-refractivity contribution is 7.14. The molecular weight excluding hydrogens is 382 g/mol. The van der Waals surface area contributed by atoms with Crippen LogP contribution in [0.25, 0.3) is 22.2 Å². The average molecular weight is 396 g/mol. The van der Waals surface area contributed by atoms with Crippen molar-refractivity contribution in [3.63, 3.8) is 0 Å². The molecule has 4 rings (SSSR count). The minimum Gasteiger partial charge on any atom is -0.435 e. The van der Waals surface area contributed by atoms with Crippen LogP contribution in [-0.4, -0.2) is 15.9 Å². The Hall–Kier alpha value is -2.96. The molecule has 5 nitrogen and oxygen atoms in total. The molecule has 0 aliphatic heterocycles. The van der Waals surface area contributed by atoms with Crippen molar-refractivity contribution in [2.75, 3.05) is 4.90 Å². The van der Waals surface area contributed by atoms with Gasteiger partial charge in [-0.2, -0.15) is 0 Å². The van der Waals surface area contributed by atoms with Gasteiger partial charge in [0.2, 0.25) is 11.8 Å². The normalized spacial score (nSPS) is 11.7. The van der Waals surface area contributed by atoms with Gasteiger partial charge < -0.3 is 4.42 Å². The molecule has 0 spiro atoms. The third-order valence-corrected chi connectivity index (χ3v) is 4.92. The summed E-state index contributed by atoms with van der Waals surface area (Å²) in [5.41, 5.74) is 2.80. The van der Waals surface area contributed by atoms with Crippen LogP contribution in [0.2, 0.25) is 0 Å². The Morgan fingerprint density at radius 1 is 1.11 bits per heavy atom. The van der Waals surface area contributed by atoms with Gasteiger partial charge in [-0.05, 0) is 30.3 Å². The molecular formula is C20H14ClN3O2S. The molecule has 2 aromatic carbocycles. The van der Waals surface area contributed by atoms with E-state index in [2.05, 4.69) is 9.97 Å². The van der Waals surface area contributed by atoms with Gasteiger partial charge in [-0.1, -0.05) is 41.9 Å². The summed E-state index contributed by atoms with van der Waals surface area (Å²) in [6.07, 6.45) is 1.68. The number of hydrogen-bond acceptors (Lipinski definition) is 5. The number of nitrogens with zero attached hydrogens (tertiary/aromatic N) is 3. The zero-order valence-electron chi connectivity index (χ0n) is 14.3. The molecule has 0 aliphatic carbocycles. The molecule has 27 heavy (non-hydrogen) atoms. The molecule has 0 fully saturated rings. The van der Waals surface area contributed by atoms with E-state index in [1.54, 1.807) is 11.0 Å². The first-order valence-corrected chi connectivity index (χ1v) is 9.42. The van der Waals surface area contributed by atoms with Crippen molar-refractivity contribution in [3.8, 4) is 0 Å². The Labute approximate surface area is 164 Å². The van der Waals surface area contributed by atoms with Gasteiger partial charge in [0.05, 0.1) is 11.4 Å². The van der Waals surface area contributed by atoms with Gasteiger partial charge in [-0.25, -0.2) is 9.97 Å². The Morgan fingerprint density at radius 2 is 1.85 bits per heavy atom. The predicted octanol–water partition coefficient (Wildman–Crippen LogP) is 5.71. The van der Waals surface area contributed by atoms with Crippen LogP contribution in [0.15, 0.2) is 64.4 Å². The van der Waals surface area contributed by atoms with Crippen molar-refractivity contribution >= 4 is 61.9 Å². The number of aromatic nitrogens is 2. The molecule has 0 atom stereocenters. The molecule has 134 valence electrons. The highest BCUT2D eigenvalue weighted by Crippen LogP contribution is 2.31. The lowest BCUT2D eigenvalue weighted by molar-refractivity contribution is -0.115. The fourth-order valence-corrected chi connectivity index (χ4v) is 3.65. The number of benzene rings is 2. The number of amides is 1. The lowest BCUT2D eigenvalue weighted by atomic mass is 10.3. The Balaban J connectivity index is 1.65. The van der Waals surface area contributed by atoms with E-state index in [0.29, 0.717) is 27.3 Å². The van der Waals surface area contributed by atoms with Crippen LogP contribution in [0.3, 0.4) is 0 Å². The van der Waals surface area contributed by atoms with Crippen molar-refractivity contribution in [2.24, 2.45) is 0 Å². The highest BCUT2D eigenvalue weighted by Gasteiger charge is 2.17. The highest BCUT2D eigenvalue weighted by atomic mass is 35.5. The maximum atomic E-state index is 12.1. The van der Waals surface area contributed by atoms with Gasteiger partial charge >= 0.3 is 0 Å². The second kappa shape index (κ2) is 7.34. The summed E-state index contributed by atoms with van der Waals surface area (Å²) >= 11 is 7.73. The van der Waals surface area contributed by atoms with Gasteiger partial charge in [0, 0.05) is 12.3 Å². The average Bonchev–Trinajstić information content (AvgIpc) is 3.29. The third-order valence-electron chi connectivity index (χ3n) is 3.80. The SMILES string of the molecule is CC(=O)N(c1ccccc1)c1nc(/C=C(\Cl)c2nc3ccccc3o2)cs1. The summed E-state index contributed by atoms with van der Waals surface area (Å²) in [4.78, 5) is 22.6. The van der Waals surface area contributed by atoms with E-state index in [4.69, 9.17) is 16.0 Å². The number of para-hydroxylation sites is 3. The molecule has 0 N–H and O–H groups in total. The summed E-state index contributed by atoms with van der Waals surface area (Å²) < 4.78 is 5.66. The number of anilines is 2. The molecule has 1 amide bonds. The van der Waals surface area contributed by atoms with Crippen LogP contribution in [-0.2, 0) is 4.79 Å². The van der Waals surface area contributed by atoms with Crippen LogP contribution in [0.1, 0.15) is 18.5 Å². The number of fused-ring (bicyclic) bond motifs is 1. The number of carbonyl (C=O) groups excluding carboxylic acids is 1. The van der Waals surface area contributed by atoms with E-state index in [9.17, 15) is 4.79 Å². The summed E-state index contributed by atoms with van der Waals surface area (Å²) in [6, 6.07) is 16.8. The molecule has 0 radical (unpaired) electrons. The zero-order valence-corrected chi connectivity index (χ0v) is 15.9. The van der Waals surface area contributed by atoms with Crippen LogP contribution in [0.4, 0.5) is 10.8 Å². The maximum absolute atomic E-state index is 12.1. The van der Waals surface area contributed by atoms with E-state index in [-0.39, 0.29) is 5.91 Å². The number of halogens is 1. The van der Waals surface area contributed by atoms with Gasteiger partial charge in [0.1, 0.15) is 10.5 Å². The summed E-state index contributed by atoms with van der Waals surface area (Å²) in [5.74, 6) is 0.218. The van der Waals surface area contributed by atoms with Crippen molar-refractivity contribution in [2.45, 2.75) is 6.92 Å². The number of hydrogen-bond donors (Lipinski definition) is 0. The molecule has 0 saturated heterocycles. The molecule has 2 heterocycles. The fraction of sp³-hybridized carbons (Fsp3) is 0.0500. The first kappa shape index (κ1) is 17.5. The van der Waals surface area contributed by atoms with Crippen molar-refractivity contribution < 1.29 is 9.21 Å². The van der Waals surface area contributed by atoms with Crippen LogP contribution in [0, 0.1) is 0 Å². The number of carbonyl (C=O) groups is 1. The molecule has 0 aliphatic rings. The number of thiazole rings is 1. The fourth-order valence-electron chi connectivity index (χ4n) is 2.62. The number of rotatable bonds is 4. The van der Waals surface area contributed by atoms with Crippen molar-refractivity contribution in [3.05, 3.63) is 71.6 Å². The van der Waals surface area contributed by atoms with Crippen molar-refractivity contribution in [1.29, 1.82) is 0 Å². The third kappa shape index (κ3) is 3.63. The van der Waals surface area contributed by atoms with Gasteiger partial charge in [-0.15, -0.1) is 11.3 Å². The number of oxazole rings is 1. The Morgan fingerprint density at radius 3 is 2.59 bits per heavy atom. The monoisotopic (exact) mass is 395 g/mol. The quantitative estimate of drug-likeness (QED) is 0.444. The smallest absolute Gasteiger partial charge is 0.239 e. The van der Waals surface area contributed by atoms with Crippen LogP contribution in [0.5, 0.6) is 0 Å². The van der Waals surface area contributed by atoms with E-state index in [1.165, 1.54) is 18.3 Å². The minimum atomic E-state index is -0.115. The topological polar surface area (TPSA) is 59.2 Å². The summed E-state index contributed by atoms with van der Waals surface area (Å²) in [7, 11) is 0. The lowest BCUT2D eigenvalue weighted by Crippen LogP contribution is -2.22. The summed E-state index contributed by atoms with van der Waals surface area (Å²) in [6.45, 7) is 1.51. The molecule has 4 aromatic rings. The van der Waals surface area contributed by atoms with Crippen LogP contribution >= 0.6 is 22.9 Å². The predicted molar refractivity (Wildman–Crippen MR) is 109 cm³/mol. The van der Waals surface area contributed by atoms with Gasteiger partial charge in [-0.3, -0.25) is 9.69 Å². The van der Waals surface area contributed by atoms with Crippen LogP contribution < -0.4 is 4.90 Å². The van der Waals surface area contributed by atoms with E-state index in [1.807, 2.05) is 60.0 Å². The second-order valence-corrected chi connectivity index (χ2v) is 6.97. The van der Waals surface area contributed by atoms with E-state index in [0.717, 1.165) is 11.2 Å². The Bertz CT molecular complexity index is 1100. The maximum Gasteiger partial charge on any atom is 0.239 e. The largest absolute Gasteiger partial charge is 0.435 e. The molecule has 2 aromatic heterocycles. The lowest BCUT2D eigenvalue weighted by Gasteiger charge is -2.17. The standard InChI is InChI=1S/C20H14ClN3O2S/c1-13(25)24(15-7-3-2-4-8-15)20-22-14(12-27-20)11-16(21)19-23-17-9-5-6-10-18(17)26-19/h2-12H,1H3/b16-11-. The van der Waals surface area contributed by atoms with E-state index < -0.39 is 0 Å². The molecule has 0 unspecified atom stereocenters. The van der Waals surface area contributed by atoms with Gasteiger partial charge in [0.15, 0.2) is 10.7 Å². The van der Waals surface area contributed by atoms with E-state index >= 15 is 0 Å². The minimum absolute atomic E-state index is 0.115. The zero-order chi connectivity index (χ0) is 18.8. The second-order valence-electron chi connectivity index (χ2n) is 5.72. The molecule has 7 heteroatoms. The van der Waals surface area contributed by atoms with Crippen molar-refractivity contribution in [1.82, 2.24) is 9.97 Å². The van der Waals surface area contributed by atoms with Gasteiger partial charge in [0.25, 0.3) is 0 Å².